The van der Waals surface area contributed by atoms with Crippen molar-refractivity contribution in [2.45, 2.75) is 25.3 Å². The molecular formula is C14H18N2O2. The van der Waals surface area contributed by atoms with Gasteiger partial charge in [-0.3, -0.25) is 9.59 Å². The Bertz CT molecular complexity index is 431. The van der Waals surface area contributed by atoms with Crippen LogP contribution in [0.3, 0.4) is 0 Å². The molecule has 1 aromatic rings. The van der Waals surface area contributed by atoms with Crippen LogP contribution in [0.15, 0.2) is 30.3 Å². The number of piperidine rings is 1. The molecule has 0 aromatic heterocycles. The maximum absolute atomic E-state index is 11.9. The topological polar surface area (TPSA) is 49.4 Å². The number of amides is 2. The fourth-order valence-electron chi connectivity index (χ4n) is 2.19. The zero-order valence-corrected chi connectivity index (χ0v) is 10.6. The van der Waals surface area contributed by atoms with Gasteiger partial charge in [-0.25, -0.2) is 0 Å². The zero-order valence-electron chi connectivity index (χ0n) is 10.6. The predicted octanol–water partition coefficient (Wildman–Crippen LogP) is 0.966. The van der Waals surface area contributed by atoms with Crippen molar-refractivity contribution >= 4 is 11.8 Å². The number of carbonyl (C=O) groups is 2. The third-order valence-corrected chi connectivity index (χ3v) is 3.20. The highest BCUT2D eigenvalue weighted by molar-refractivity contribution is 5.88. The van der Waals surface area contributed by atoms with Gasteiger partial charge >= 0.3 is 0 Å². The summed E-state index contributed by atoms with van der Waals surface area (Å²) in [7, 11) is 1.78. The molecule has 4 heteroatoms. The van der Waals surface area contributed by atoms with Crippen LogP contribution in [0.4, 0.5) is 0 Å². The summed E-state index contributed by atoms with van der Waals surface area (Å²) in [6, 6.07) is 9.20. The summed E-state index contributed by atoms with van der Waals surface area (Å²) in [5.41, 5.74) is 0.964. The molecular weight excluding hydrogens is 228 g/mol. The standard InChI is InChI=1S/C14H18N2O2/c1-16-9-5-8-12(14(16)18)15-13(17)10-11-6-3-2-4-7-11/h2-4,6-7,12H,5,8-10H2,1H3,(H,15,17). The van der Waals surface area contributed by atoms with Crippen LogP contribution in [-0.4, -0.2) is 36.3 Å². The number of rotatable bonds is 3. The van der Waals surface area contributed by atoms with E-state index in [-0.39, 0.29) is 17.9 Å². The van der Waals surface area contributed by atoms with Crippen molar-refractivity contribution in [1.82, 2.24) is 10.2 Å². The second-order valence-electron chi connectivity index (χ2n) is 4.68. The molecule has 1 unspecified atom stereocenters. The summed E-state index contributed by atoms with van der Waals surface area (Å²) >= 11 is 0. The van der Waals surface area contributed by atoms with Crippen LogP contribution in [0.5, 0.6) is 0 Å². The number of likely N-dealkylation sites (tertiary alicyclic amines) is 1. The lowest BCUT2D eigenvalue weighted by Gasteiger charge is -2.29. The molecule has 0 saturated carbocycles. The van der Waals surface area contributed by atoms with Crippen molar-refractivity contribution in [3.8, 4) is 0 Å². The van der Waals surface area contributed by atoms with Crippen LogP contribution in [0.2, 0.25) is 0 Å². The van der Waals surface area contributed by atoms with E-state index in [0.717, 1.165) is 24.9 Å². The smallest absolute Gasteiger partial charge is 0.244 e. The summed E-state index contributed by atoms with van der Waals surface area (Å²) in [5.74, 6) is -0.0717. The molecule has 1 aliphatic heterocycles. The first kappa shape index (κ1) is 12.6. The Morgan fingerprint density at radius 1 is 1.39 bits per heavy atom. The molecule has 0 radical (unpaired) electrons. The van der Waals surface area contributed by atoms with Crippen LogP contribution in [-0.2, 0) is 16.0 Å². The van der Waals surface area contributed by atoms with Gasteiger partial charge < -0.3 is 10.2 Å². The molecule has 0 bridgehead atoms. The van der Waals surface area contributed by atoms with Gasteiger partial charge in [-0.05, 0) is 18.4 Å². The highest BCUT2D eigenvalue weighted by Gasteiger charge is 2.27. The number of hydrogen-bond acceptors (Lipinski definition) is 2. The van der Waals surface area contributed by atoms with Crippen molar-refractivity contribution in [2.75, 3.05) is 13.6 Å². The fraction of sp³-hybridized carbons (Fsp3) is 0.429. The molecule has 1 atom stereocenters. The third kappa shape index (κ3) is 3.09. The predicted molar refractivity (Wildman–Crippen MR) is 68.9 cm³/mol. The third-order valence-electron chi connectivity index (χ3n) is 3.20. The first-order valence-corrected chi connectivity index (χ1v) is 6.25. The van der Waals surface area contributed by atoms with Crippen molar-refractivity contribution in [2.24, 2.45) is 0 Å². The summed E-state index contributed by atoms with van der Waals surface area (Å²) in [6.45, 7) is 0.782. The van der Waals surface area contributed by atoms with E-state index < -0.39 is 0 Å². The van der Waals surface area contributed by atoms with Crippen LogP contribution >= 0.6 is 0 Å². The quantitative estimate of drug-likeness (QED) is 0.864. The van der Waals surface area contributed by atoms with E-state index in [1.165, 1.54) is 0 Å². The Morgan fingerprint density at radius 3 is 2.83 bits per heavy atom. The lowest BCUT2D eigenvalue weighted by atomic mass is 10.0. The second-order valence-corrected chi connectivity index (χ2v) is 4.68. The Kier molecular flexibility index (Phi) is 3.97. The van der Waals surface area contributed by atoms with E-state index in [2.05, 4.69) is 5.32 Å². The highest BCUT2D eigenvalue weighted by atomic mass is 16.2. The van der Waals surface area contributed by atoms with Crippen LogP contribution < -0.4 is 5.32 Å². The summed E-state index contributed by atoms with van der Waals surface area (Å²) < 4.78 is 0. The summed E-state index contributed by atoms with van der Waals surface area (Å²) in [6.07, 6.45) is 2.01. The Labute approximate surface area is 107 Å². The largest absolute Gasteiger partial charge is 0.344 e. The van der Waals surface area contributed by atoms with Crippen LogP contribution in [0.1, 0.15) is 18.4 Å². The number of carbonyl (C=O) groups excluding carboxylic acids is 2. The number of benzene rings is 1. The fourth-order valence-corrected chi connectivity index (χ4v) is 2.19. The Morgan fingerprint density at radius 2 is 2.11 bits per heavy atom. The van der Waals surface area contributed by atoms with Gasteiger partial charge in [0.2, 0.25) is 11.8 Å². The first-order chi connectivity index (χ1) is 8.66. The van der Waals surface area contributed by atoms with Crippen LogP contribution in [0, 0.1) is 0 Å². The molecule has 1 aromatic carbocycles. The number of nitrogens with one attached hydrogen (secondary N) is 1. The lowest BCUT2D eigenvalue weighted by Crippen LogP contribution is -2.51. The van der Waals surface area contributed by atoms with Gasteiger partial charge in [-0.2, -0.15) is 0 Å². The monoisotopic (exact) mass is 246 g/mol. The highest BCUT2D eigenvalue weighted by Crippen LogP contribution is 2.10. The molecule has 1 heterocycles. The molecule has 2 rings (SSSR count). The van der Waals surface area contributed by atoms with Gasteiger partial charge in [0, 0.05) is 13.6 Å². The van der Waals surface area contributed by atoms with Crippen molar-refractivity contribution in [1.29, 1.82) is 0 Å². The Balaban J connectivity index is 1.89. The van der Waals surface area contributed by atoms with Crippen molar-refractivity contribution < 1.29 is 9.59 Å². The maximum atomic E-state index is 11.9. The van der Waals surface area contributed by atoms with E-state index in [1.54, 1.807) is 11.9 Å². The average Bonchev–Trinajstić information content (AvgIpc) is 2.36. The molecule has 1 N–H and O–H groups in total. The lowest BCUT2D eigenvalue weighted by molar-refractivity contribution is -0.137. The van der Waals surface area contributed by atoms with E-state index >= 15 is 0 Å². The zero-order chi connectivity index (χ0) is 13.0. The van der Waals surface area contributed by atoms with E-state index in [0.29, 0.717) is 6.42 Å². The van der Waals surface area contributed by atoms with E-state index in [1.807, 2.05) is 30.3 Å². The number of hydrogen-bond donors (Lipinski definition) is 1. The molecule has 4 nitrogen and oxygen atoms in total. The maximum Gasteiger partial charge on any atom is 0.244 e. The molecule has 0 aliphatic carbocycles. The minimum atomic E-state index is -0.347. The van der Waals surface area contributed by atoms with Gasteiger partial charge in [-0.1, -0.05) is 30.3 Å². The molecule has 1 fully saturated rings. The first-order valence-electron chi connectivity index (χ1n) is 6.25. The number of likely N-dealkylation sites (N-methyl/N-ethyl adjacent to an activating group) is 1. The van der Waals surface area contributed by atoms with Gasteiger partial charge in [0.05, 0.1) is 6.42 Å². The minimum absolute atomic E-state index is 0.0164. The molecule has 2 amide bonds. The number of nitrogens with zero attached hydrogens (tertiary/aromatic N) is 1. The van der Waals surface area contributed by atoms with Crippen molar-refractivity contribution in [3.05, 3.63) is 35.9 Å². The SMILES string of the molecule is CN1CCCC(NC(=O)Cc2ccccc2)C1=O. The van der Waals surface area contributed by atoms with Crippen molar-refractivity contribution in [3.63, 3.8) is 0 Å². The van der Waals surface area contributed by atoms with Gasteiger partial charge in [0.15, 0.2) is 0 Å². The molecule has 1 saturated heterocycles. The summed E-state index contributed by atoms with van der Waals surface area (Å²) in [5, 5.41) is 2.82. The Hall–Kier alpha value is -1.84. The average molecular weight is 246 g/mol. The van der Waals surface area contributed by atoms with E-state index in [9.17, 15) is 9.59 Å². The summed E-state index contributed by atoms with van der Waals surface area (Å²) in [4.78, 5) is 25.4. The van der Waals surface area contributed by atoms with Gasteiger partial charge in [0.25, 0.3) is 0 Å². The molecule has 96 valence electrons. The molecule has 18 heavy (non-hydrogen) atoms. The normalized spacial score (nSPS) is 19.7. The molecule has 1 aliphatic rings. The van der Waals surface area contributed by atoms with Gasteiger partial charge in [-0.15, -0.1) is 0 Å². The van der Waals surface area contributed by atoms with E-state index in [4.69, 9.17) is 0 Å². The van der Waals surface area contributed by atoms with Crippen LogP contribution in [0.25, 0.3) is 0 Å². The molecule has 0 spiro atoms. The van der Waals surface area contributed by atoms with Gasteiger partial charge in [0.1, 0.15) is 6.04 Å². The second kappa shape index (κ2) is 5.67. The minimum Gasteiger partial charge on any atom is -0.344 e.